The maximum Gasteiger partial charge on any atom is 0.421 e. The zero-order valence-electron chi connectivity index (χ0n) is 17.5. The van der Waals surface area contributed by atoms with E-state index in [1.165, 1.54) is 6.21 Å². The Labute approximate surface area is 184 Å². The summed E-state index contributed by atoms with van der Waals surface area (Å²) in [4.78, 5) is 10.2. The summed E-state index contributed by atoms with van der Waals surface area (Å²) < 4.78 is 45.3. The van der Waals surface area contributed by atoms with Gasteiger partial charge < -0.3 is 26.1 Å². The van der Waals surface area contributed by atoms with Crippen LogP contribution in [0.1, 0.15) is 24.0 Å². The molecular weight excluding hydrogens is 423 g/mol. The molecule has 11 heteroatoms. The maximum atomic E-state index is 13.3. The van der Waals surface area contributed by atoms with Crippen molar-refractivity contribution in [2.24, 2.45) is 0 Å². The number of nitrogens with one attached hydrogen (secondary N) is 4. The van der Waals surface area contributed by atoms with Crippen LogP contribution in [-0.2, 0) is 10.9 Å². The van der Waals surface area contributed by atoms with E-state index >= 15 is 0 Å². The summed E-state index contributed by atoms with van der Waals surface area (Å²) in [7, 11) is 0. The van der Waals surface area contributed by atoms with Gasteiger partial charge in [-0.3, -0.25) is 4.90 Å². The van der Waals surface area contributed by atoms with Crippen LogP contribution in [0.4, 0.5) is 36.3 Å². The molecule has 1 saturated heterocycles. The Kier molecular flexibility index (Phi) is 6.75. The van der Waals surface area contributed by atoms with Gasteiger partial charge in [-0.2, -0.15) is 18.2 Å². The van der Waals surface area contributed by atoms with Crippen molar-refractivity contribution in [2.45, 2.75) is 25.1 Å². The second-order valence-electron chi connectivity index (χ2n) is 7.79. The molecule has 2 aromatic rings. The van der Waals surface area contributed by atoms with Crippen molar-refractivity contribution in [3.63, 3.8) is 0 Å². The van der Waals surface area contributed by atoms with Crippen LogP contribution in [0.5, 0.6) is 0 Å². The van der Waals surface area contributed by atoms with Crippen LogP contribution in [-0.4, -0.2) is 66.5 Å². The van der Waals surface area contributed by atoms with E-state index in [0.717, 1.165) is 57.6 Å². The topological polar surface area (TPSA) is 98.2 Å². The van der Waals surface area contributed by atoms with Gasteiger partial charge in [-0.15, -0.1) is 0 Å². The van der Waals surface area contributed by atoms with Gasteiger partial charge in [-0.1, -0.05) is 6.07 Å². The van der Waals surface area contributed by atoms with Crippen LogP contribution in [0.2, 0.25) is 0 Å². The zero-order chi connectivity index (χ0) is 22.6. The minimum atomic E-state index is -4.54. The lowest BCUT2D eigenvalue weighted by Crippen LogP contribution is -2.39. The molecule has 0 unspecified atom stereocenters. The van der Waals surface area contributed by atoms with Crippen molar-refractivity contribution in [3.05, 3.63) is 35.5 Å². The van der Waals surface area contributed by atoms with Crippen LogP contribution in [0.25, 0.3) is 0 Å². The molecule has 172 valence electrons. The number of hydrogen-bond acceptors (Lipinski definition) is 8. The number of morpholine rings is 1. The lowest BCUT2D eigenvalue weighted by molar-refractivity contribution is -0.137. The van der Waals surface area contributed by atoms with Crippen molar-refractivity contribution in [3.8, 4) is 0 Å². The molecule has 4 N–H and O–H groups in total. The van der Waals surface area contributed by atoms with Crippen LogP contribution in [0.15, 0.2) is 24.4 Å². The zero-order valence-corrected chi connectivity index (χ0v) is 17.5. The molecule has 1 aromatic heterocycles. The third kappa shape index (κ3) is 5.65. The molecule has 0 spiro atoms. The van der Waals surface area contributed by atoms with Gasteiger partial charge in [0, 0.05) is 55.9 Å². The lowest BCUT2D eigenvalue weighted by Gasteiger charge is -2.26. The molecule has 0 atom stereocenters. The molecule has 1 saturated carbocycles. The summed E-state index contributed by atoms with van der Waals surface area (Å²) in [6, 6.07) is 5.41. The van der Waals surface area contributed by atoms with E-state index in [1.807, 2.05) is 6.07 Å². The van der Waals surface area contributed by atoms with Crippen molar-refractivity contribution in [1.82, 2.24) is 14.9 Å². The highest BCUT2D eigenvalue weighted by Crippen LogP contribution is 2.36. The second kappa shape index (κ2) is 9.70. The first-order chi connectivity index (χ1) is 15.4. The average Bonchev–Trinajstić information content (AvgIpc) is 3.58. The SMILES string of the molecule is N=Cc1c(NCCN2CCOCC2)cccc1Nc1ncc(C(F)(F)F)c(NC2CC2)n1. The minimum Gasteiger partial charge on any atom is -0.383 e. The second-order valence-corrected chi connectivity index (χ2v) is 7.79. The molecule has 2 fully saturated rings. The summed E-state index contributed by atoms with van der Waals surface area (Å²) in [5, 5.41) is 17.0. The van der Waals surface area contributed by atoms with Crippen LogP contribution < -0.4 is 16.0 Å². The van der Waals surface area contributed by atoms with Gasteiger partial charge >= 0.3 is 6.18 Å². The Morgan fingerprint density at radius 2 is 1.94 bits per heavy atom. The number of alkyl halides is 3. The normalized spacial score (nSPS) is 17.1. The number of benzene rings is 1. The molecule has 1 aliphatic carbocycles. The van der Waals surface area contributed by atoms with Gasteiger partial charge in [0.05, 0.1) is 18.9 Å². The fourth-order valence-corrected chi connectivity index (χ4v) is 3.46. The molecule has 1 aliphatic heterocycles. The highest BCUT2D eigenvalue weighted by molar-refractivity contribution is 5.94. The number of nitrogens with zero attached hydrogens (tertiary/aromatic N) is 3. The largest absolute Gasteiger partial charge is 0.421 e. The molecule has 32 heavy (non-hydrogen) atoms. The van der Waals surface area contributed by atoms with Crippen molar-refractivity contribution >= 4 is 29.4 Å². The van der Waals surface area contributed by atoms with Gasteiger partial charge in [0.2, 0.25) is 5.95 Å². The van der Waals surface area contributed by atoms with Gasteiger partial charge in [0.1, 0.15) is 11.4 Å². The first kappa shape index (κ1) is 22.3. The van der Waals surface area contributed by atoms with Gasteiger partial charge in [0.25, 0.3) is 0 Å². The lowest BCUT2D eigenvalue weighted by atomic mass is 10.1. The van der Waals surface area contributed by atoms with Crippen molar-refractivity contribution in [2.75, 3.05) is 55.3 Å². The fourth-order valence-electron chi connectivity index (χ4n) is 3.46. The van der Waals surface area contributed by atoms with E-state index in [-0.39, 0.29) is 17.8 Å². The smallest absolute Gasteiger partial charge is 0.383 e. The van der Waals surface area contributed by atoms with E-state index < -0.39 is 11.7 Å². The third-order valence-electron chi connectivity index (χ3n) is 5.36. The van der Waals surface area contributed by atoms with E-state index in [9.17, 15) is 13.2 Å². The van der Waals surface area contributed by atoms with Gasteiger partial charge in [-0.25, -0.2) is 4.98 Å². The van der Waals surface area contributed by atoms with Crippen molar-refractivity contribution < 1.29 is 17.9 Å². The first-order valence-electron chi connectivity index (χ1n) is 10.6. The Morgan fingerprint density at radius 1 is 1.19 bits per heavy atom. The highest BCUT2D eigenvalue weighted by atomic mass is 19.4. The third-order valence-corrected chi connectivity index (χ3v) is 5.36. The predicted octanol–water partition coefficient (Wildman–Crippen LogP) is 3.56. The quantitative estimate of drug-likeness (QED) is 0.435. The number of aromatic nitrogens is 2. The van der Waals surface area contributed by atoms with E-state index in [4.69, 9.17) is 10.1 Å². The molecular formula is C21H26F3N7O. The summed E-state index contributed by atoms with van der Waals surface area (Å²) >= 11 is 0. The van der Waals surface area contributed by atoms with Crippen LogP contribution >= 0.6 is 0 Å². The van der Waals surface area contributed by atoms with Crippen LogP contribution in [0, 0.1) is 5.41 Å². The highest BCUT2D eigenvalue weighted by Gasteiger charge is 2.37. The summed E-state index contributed by atoms with van der Waals surface area (Å²) in [6.07, 6.45) is -0.915. The van der Waals surface area contributed by atoms with E-state index in [2.05, 4.69) is 30.8 Å². The number of rotatable bonds is 9. The molecule has 2 aliphatic rings. The average molecular weight is 449 g/mol. The first-order valence-corrected chi connectivity index (χ1v) is 10.6. The van der Waals surface area contributed by atoms with Crippen molar-refractivity contribution in [1.29, 1.82) is 5.41 Å². The predicted molar refractivity (Wildman–Crippen MR) is 117 cm³/mol. The number of ether oxygens (including phenoxy) is 1. The molecule has 8 nitrogen and oxygen atoms in total. The summed E-state index contributed by atoms with van der Waals surface area (Å²) in [5.41, 5.74) is 0.977. The monoisotopic (exact) mass is 449 g/mol. The Hall–Kier alpha value is -2.92. The maximum absolute atomic E-state index is 13.3. The van der Waals surface area contributed by atoms with E-state index in [0.29, 0.717) is 17.8 Å². The molecule has 0 amide bonds. The van der Waals surface area contributed by atoms with Crippen LogP contribution in [0.3, 0.4) is 0 Å². The van der Waals surface area contributed by atoms with Gasteiger partial charge in [-0.05, 0) is 25.0 Å². The molecule has 0 radical (unpaired) electrons. The number of hydrogen-bond donors (Lipinski definition) is 4. The standard InChI is InChI=1S/C21H26F3N7O/c22-21(23,24)16-13-27-20(30-19(16)28-14-4-5-14)29-18-3-1-2-17(15(18)12-25)26-6-7-31-8-10-32-11-9-31/h1-3,12-14,25-26H,4-11H2,(H2,27,28,29,30). The number of anilines is 4. The Morgan fingerprint density at radius 3 is 2.62 bits per heavy atom. The fraction of sp³-hybridized carbons (Fsp3) is 0.476. The summed E-state index contributed by atoms with van der Waals surface area (Å²) in [5.74, 6) is -0.191. The molecule has 2 heterocycles. The van der Waals surface area contributed by atoms with Gasteiger partial charge in [0.15, 0.2) is 0 Å². The Balaban J connectivity index is 1.48. The van der Waals surface area contributed by atoms with E-state index in [1.54, 1.807) is 12.1 Å². The summed E-state index contributed by atoms with van der Waals surface area (Å²) in [6.45, 7) is 4.78. The molecule has 4 rings (SSSR count). The molecule has 0 bridgehead atoms. The minimum absolute atomic E-state index is 0.00924. The Bertz CT molecular complexity index is 943. The molecule has 1 aromatic carbocycles. The number of halogens is 3.